The Morgan fingerprint density at radius 1 is 0.760 bits per heavy atom. The van der Waals surface area contributed by atoms with E-state index < -0.39 is 7.82 Å². The van der Waals surface area contributed by atoms with Gasteiger partial charge in [0.25, 0.3) is 0 Å². The van der Waals surface area contributed by atoms with Gasteiger partial charge in [0.15, 0.2) is 11.5 Å². The van der Waals surface area contributed by atoms with Crippen LogP contribution in [-0.4, -0.2) is 5.11 Å². The lowest BCUT2D eigenvalue weighted by molar-refractivity contribution is 0.292. The second-order valence-electron chi connectivity index (χ2n) is 5.32. The van der Waals surface area contributed by atoms with Crippen molar-refractivity contribution >= 4 is 7.82 Å². The molecular formula is C19H17O5P. The van der Waals surface area contributed by atoms with Crippen molar-refractivity contribution in [1.29, 1.82) is 0 Å². The number of phosphoric ester groups is 1. The summed E-state index contributed by atoms with van der Waals surface area (Å²) in [5, 5.41) is 9.97. The number of phenols is 1. The molecule has 3 aromatic carbocycles. The molecule has 0 spiro atoms. The second kappa shape index (κ2) is 7.32. The first-order valence-electron chi connectivity index (χ1n) is 7.63. The molecule has 6 heteroatoms. The van der Waals surface area contributed by atoms with E-state index in [0.29, 0.717) is 11.5 Å². The summed E-state index contributed by atoms with van der Waals surface area (Å²) in [5.74, 6) is 0.525. The number of benzene rings is 3. The van der Waals surface area contributed by atoms with Crippen LogP contribution in [0.3, 0.4) is 0 Å². The van der Waals surface area contributed by atoms with Crippen molar-refractivity contribution in [1.82, 2.24) is 0 Å². The van der Waals surface area contributed by atoms with Crippen molar-refractivity contribution in [3.05, 3.63) is 84.4 Å². The van der Waals surface area contributed by atoms with Crippen molar-refractivity contribution in [3.63, 3.8) is 0 Å². The third-order valence-electron chi connectivity index (χ3n) is 3.25. The number of aryl methyl sites for hydroxylation is 1. The maximum atomic E-state index is 13.2. The first kappa shape index (κ1) is 16.9. The van der Waals surface area contributed by atoms with Crippen LogP contribution in [0.25, 0.3) is 0 Å². The lowest BCUT2D eigenvalue weighted by Crippen LogP contribution is -2.07. The van der Waals surface area contributed by atoms with Crippen LogP contribution in [0.1, 0.15) is 5.56 Å². The number of hydrogen-bond acceptors (Lipinski definition) is 5. The molecule has 0 saturated heterocycles. The average Bonchev–Trinajstić information content (AvgIpc) is 2.59. The molecular weight excluding hydrogens is 339 g/mol. The first-order chi connectivity index (χ1) is 12.0. The van der Waals surface area contributed by atoms with E-state index in [1.807, 2.05) is 19.1 Å². The lowest BCUT2D eigenvalue weighted by atomic mass is 10.2. The molecule has 0 radical (unpaired) electrons. The number of rotatable bonds is 6. The summed E-state index contributed by atoms with van der Waals surface area (Å²) in [7, 11) is -4.09. The maximum absolute atomic E-state index is 13.2. The van der Waals surface area contributed by atoms with Gasteiger partial charge in [0.1, 0.15) is 11.5 Å². The number of aromatic hydroxyl groups is 1. The van der Waals surface area contributed by atoms with E-state index in [0.717, 1.165) is 5.56 Å². The molecule has 3 rings (SSSR count). The molecule has 25 heavy (non-hydrogen) atoms. The van der Waals surface area contributed by atoms with Gasteiger partial charge in [-0.05, 0) is 48.9 Å². The quantitative estimate of drug-likeness (QED) is 0.604. The molecule has 3 aromatic rings. The molecule has 0 aromatic heterocycles. The van der Waals surface area contributed by atoms with Crippen LogP contribution >= 0.6 is 7.82 Å². The van der Waals surface area contributed by atoms with Crippen molar-refractivity contribution in [2.24, 2.45) is 0 Å². The van der Waals surface area contributed by atoms with Crippen molar-refractivity contribution in [3.8, 4) is 23.0 Å². The summed E-state index contributed by atoms with van der Waals surface area (Å²) < 4.78 is 29.7. The third kappa shape index (κ3) is 4.55. The van der Waals surface area contributed by atoms with Gasteiger partial charge in [-0.2, -0.15) is 4.57 Å². The highest BCUT2D eigenvalue weighted by atomic mass is 31.2. The fourth-order valence-corrected chi connectivity index (χ4v) is 3.35. The Morgan fingerprint density at radius 2 is 1.28 bits per heavy atom. The van der Waals surface area contributed by atoms with E-state index in [2.05, 4.69) is 0 Å². The van der Waals surface area contributed by atoms with E-state index in [4.69, 9.17) is 13.6 Å². The van der Waals surface area contributed by atoms with E-state index in [-0.39, 0.29) is 11.5 Å². The van der Waals surface area contributed by atoms with Crippen LogP contribution in [-0.2, 0) is 4.57 Å². The van der Waals surface area contributed by atoms with Crippen molar-refractivity contribution in [2.45, 2.75) is 6.92 Å². The van der Waals surface area contributed by atoms with Crippen LogP contribution in [0.4, 0.5) is 0 Å². The zero-order valence-corrected chi connectivity index (χ0v) is 14.4. The fraction of sp³-hybridized carbons (Fsp3) is 0.0526. The molecule has 0 aliphatic rings. The predicted octanol–water partition coefficient (Wildman–Crippen LogP) is 5.35. The van der Waals surface area contributed by atoms with E-state index >= 15 is 0 Å². The largest absolute Gasteiger partial charge is 0.647 e. The average molecular weight is 356 g/mol. The highest BCUT2D eigenvalue weighted by Gasteiger charge is 2.34. The second-order valence-corrected chi connectivity index (χ2v) is 6.76. The molecule has 0 bridgehead atoms. The van der Waals surface area contributed by atoms with E-state index in [9.17, 15) is 9.67 Å². The minimum atomic E-state index is -4.09. The molecule has 5 nitrogen and oxygen atoms in total. The van der Waals surface area contributed by atoms with Crippen molar-refractivity contribution < 1.29 is 23.2 Å². The Kier molecular flexibility index (Phi) is 4.96. The number of hydrogen-bond donors (Lipinski definition) is 1. The number of phenolic OH excluding ortho intramolecular Hbond substituents is 1. The highest BCUT2D eigenvalue weighted by Crippen LogP contribution is 2.51. The third-order valence-corrected chi connectivity index (χ3v) is 4.54. The Labute approximate surface area is 146 Å². The summed E-state index contributed by atoms with van der Waals surface area (Å²) in [6, 6.07) is 21.9. The van der Waals surface area contributed by atoms with E-state index in [1.54, 1.807) is 60.7 Å². The molecule has 128 valence electrons. The van der Waals surface area contributed by atoms with Crippen LogP contribution in [0.15, 0.2) is 78.9 Å². The van der Waals surface area contributed by atoms with Gasteiger partial charge in [-0.15, -0.1) is 0 Å². The van der Waals surface area contributed by atoms with Crippen molar-refractivity contribution in [2.75, 3.05) is 0 Å². The van der Waals surface area contributed by atoms with Gasteiger partial charge in [0, 0.05) is 0 Å². The molecule has 0 unspecified atom stereocenters. The molecule has 0 aliphatic carbocycles. The molecule has 0 amide bonds. The fourth-order valence-electron chi connectivity index (χ4n) is 2.09. The Hall–Kier alpha value is -2.91. The molecule has 0 fully saturated rings. The topological polar surface area (TPSA) is 65.0 Å². The van der Waals surface area contributed by atoms with Crippen LogP contribution in [0, 0.1) is 6.92 Å². The summed E-state index contributed by atoms with van der Waals surface area (Å²) >= 11 is 0. The van der Waals surface area contributed by atoms with Gasteiger partial charge in [0.2, 0.25) is 0 Å². The minimum absolute atomic E-state index is 0.0233. The summed E-state index contributed by atoms with van der Waals surface area (Å²) in [6.45, 7) is 1.83. The van der Waals surface area contributed by atoms with Crippen LogP contribution in [0.2, 0.25) is 0 Å². The molecule has 0 saturated carbocycles. The van der Waals surface area contributed by atoms with Crippen LogP contribution < -0.4 is 13.6 Å². The Morgan fingerprint density at radius 3 is 1.80 bits per heavy atom. The summed E-state index contributed by atoms with van der Waals surface area (Å²) in [4.78, 5) is 0. The van der Waals surface area contributed by atoms with Gasteiger partial charge < -0.3 is 18.7 Å². The maximum Gasteiger partial charge on any atom is 0.647 e. The normalized spacial score (nSPS) is 10.9. The summed E-state index contributed by atoms with van der Waals surface area (Å²) in [5.41, 5.74) is 0.832. The highest BCUT2D eigenvalue weighted by molar-refractivity contribution is 7.49. The van der Waals surface area contributed by atoms with E-state index in [1.165, 1.54) is 6.07 Å². The van der Waals surface area contributed by atoms with Gasteiger partial charge in [-0.3, -0.25) is 0 Å². The van der Waals surface area contributed by atoms with Gasteiger partial charge >= 0.3 is 7.82 Å². The molecule has 0 atom stereocenters. The molecule has 0 heterocycles. The predicted molar refractivity (Wildman–Crippen MR) is 95.2 cm³/mol. The smallest absolute Gasteiger partial charge is 0.504 e. The minimum Gasteiger partial charge on any atom is -0.504 e. The lowest BCUT2D eigenvalue weighted by Gasteiger charge is -2.20. The summed E-state index contributed by atoms with van der Waals surface area (Å²) in [6.07, 6.45) is 0. The standard InChI is InChI=1S/C19H17O5P/c1-15-12-13-18(20)19(14-15)24-25(21,22-16-8-4-2-5-9-16)23-17-10-6-3-7-11-17/h2-14,20H,1H3. The van der Waals surface area contributed by atoms with Gasteiger partial charge in [-0.25, -0.2) is 0 Å². The molecule has 0 aliphatic heterocycles. The Bertz CT molecular complexity index is 835. The van der Waals surface area contributed by atoms with Crippen LogP contribution in [0.5, 0.6) is 23.0 Å². The monoisotopic (exact) mass is 356 g/mol. The van der Waals surface area contributed by atoms with Gasteiger partial charge in [0.05, 0.1) is 0 Å². The number of para-hydroxylation sites is 2. The molecule has 1 N–H and O–H groups in total. The SMILES string of the molecule is Cc1ccc(O)c(OP(=O)(Oc2ccccc2)Oc2ccccc2)c1. The zero-order chi connectivity index (χ0) is 17.7. The first-order valence-corrected chi connectivity index (χ1v) is 9.09. The number of phosphoric acid groups is 1. The Balaban J connectivity index is 1.93. The van der Waals surface area contributed by atoms with Gasteiger partial charge in [-0.1, -0.05) is 42.5 Å². The zero-order valence-electron chi connectivity index (χ0n) is 13.5.